The quantitative estimate of drug-likeness (QED) is 0.250. The van der Waals surface area contributed by atoms with Gasteiger partial charge >= 0.3 is 0 Å². The second-order valence-electron chi connectivity index (χ2n) is 8.12. The summed E-state index contributed by atoms with van der Waals surface area (Å²) in [6.07, 6.45) is 0. The molecule has 5 aromatic carbocycles. The van der Waals surface area contributed by atoms with Crippen molar-refractivity contribution in [2.45, 2.75) is 0 Å². The molecule has 5 aromatic rings. The highest BCUT2D eigenvalue weighted by Crippen LogP contribution is 2.45. The molecule has 0 amide bonds. The molecule has 0 aromatic heterocycles. The van der Waals surface area contributed by atoms with E-state index in [1.54, 1.807) is 12.1 Å². The molecule has 1 aliphatic carbocycles. The van der Waals surface area contributed by atoms with Crippen molar-refractivity contribution < 1.29 is 9.59 Å². The zero-order chi connectivity index (χ0) is 22.5. The van der Waals surface area contributed by atoms with Crippen LogP contribution in [-0.4, -0.2) is 11.6 Å². The Kier molecular flexibility index (Phi) is 4.60. The van der Waals surface area contributed by atoms with Crippen LogP contribution in [-0.2, 0) is 0 Å². The topological polar surface area (TPSA) is 34.1 Å². The van der Waals surface area contributed by atoms with Crippen molar-refractivity contribution in [1.29, 1.82) is 0 Å². The van der Waals surface area contributed by atoms with E-state index >= 15 is 0 Å². The Morgan fingerprint density at radius 3 is 1.36 bits per heavy atom. The van der Waals surface area contributed by atoms with E-state index in [1.165, 1.54) is 0 Å². The van der Waals surface area contributed by atoms with Crippen LogP contribution in [0.2, 0.25) is 0 Å². The SMILES string of the molecule is O=C1c2ccccc2C(=O)c2c1c(-c1ccccc1)c1ccccc1c2-c1ccc(Br)cc1. The number of fused-ring (bicyclic) bond motifs is 3. The third-order valence-electron chi connectivity index (χ3n) is 6.28. The number of carbonyl (C=O) groups excluding carboxylic acids is 2. The average Bonchev–Trinajstić information content (AvgIpc) is 2.87. The number of benzene rings is 5. The van der Waals surface area contributed by atoms with Crippen LogP contribution >= 0.6 is 15.9 Å². The maximum absolute atomic E-state index is 14.0. The minimum absolute atomic E-state index is 0.108. The lowest BCUT2D eigenvalue weighted by Gasteiger charge is -2.26. The van der Waals surface area contributed by atoms with Crippen molar-refractivity contribution in [2.24, 2.45) is 0 Å². The highest BCUT2D eigenvalue weighted by atomic mass is 79.9. The summed E-state index contributed by atoms with van der Waals surface area (Å²) in [5.41, 5.74) is 5.35. The first-order chi connectivity index (χ1) is 16.1. The molecular weight excluding hydrogens is 472 g/mol. The van der Waals surface area contributed by atoms with Gasteiger partial charge in [0, 0.05) is 37.9 Å². The number of ketones is 2. The molecule has 0 N–H and O–H groups in total. The lowest BCUT2D eigenvalue weighted by Crippen LogP contribution is -2.23. The van der Waals surface area contributed by atoms with Crippen LogP contribution < -0.4 is 0 Å². The van der Waals surface area contributed by atoms with Crippen LogP contribution in [0.5, 0.6) is 0 Å². The second-order valence-corrected chi connectivity index (χ2v) is 9.04. The van der Waals surface area contributed by atoms with Gasteiger partial charge in [0.25, 0.3) is 0 Å². The van der Waals surface area contributed by atoms with E-state index in [0.717, 1.165) is 37.5 Å². The van der Waals surface area contributed by atoms with Gasteiger partial charge in [-0.05, 0) is 34.0 Å². The maximum atomic E-state index is 14.0. The maximum Gasteiger partial charge on any atom is 0.195 e. The summed E-state index contributed by atoms with van der Waals surface area (Å²) in [6, 6.07) is 33.0. The molecule has 0 heterocycles. The van der Waals surface area contributed by atoms with Gasteiger partial charge in [0.2, 0.25) is 0 Å². The molecule has 0 aliphatic heterocycles. The van der Waals surface area contributed by atoms with Crippen LogP contribution in [0.15, 0.2) is 108 Å². The average molecular weight is 489 g/mol. The predicted octanol–water partition coefficient (Wildman–Crippen LogP) is 7.71. The fraction of sp³-hybridized carbons (Fsp3) is 0. The monoisotopic (exact) mass is 488 g/mol. The second kappa shape index (κ2) is 7.65. The molecule has 0 bridgehead atoms. The lowest BCUT2D eigenvalue weighted by molar-refractivity contribution is 0.0980. The van der Waals surface area contributed by atoms with Crippen molar-refractivity contribution in [3.05, 3.63) is 130 Å². The largest absolute Gasteiger partial charge is 0.289 e. The number of carbonyl (C=O) groups is 2. The first-order valence-corrected chi connectivity index (χ1v) is 11.5. The van der Waals surface area contributed by atoms with Gasteiger partial charge in [0.1, 0.15) is 0 Å². The lowest BCUT2D eigenvalue weighted by atomic mass is 9.74. The van der Waals surface area contributed by atoms with Crippen molar-refractivity contribution in [1.82, 2.24) is 0 Å². The number of halogens is 1. The number of hydrogen-bond donors (Lipinski definition) is 0. The molecule has 33 heavy (non-hydrogen) atoms. The van der Waals surface area contributed by atoms with E-state index in [1.807, 2.05) is 91.0 Å². The summed E-state index contributed by atoms with van der Waals surface area (Å²) in [7, 11) is 0. The first kappa shape index (κ1) is 19.8. The van der Waals surface area contributed by atoms with Gasteiger partial charge in [-0.1, -0.05) is 107 Å². The highest BCUT2D eigenvalue weighted by Gasteiger charge is 2.36. The van der Waals surface area contributed by atoms with E-state index in [4.69, 9.17) is 0 Å². The summed E-state index contributed by atoms with van der Waals surface area (Å²) < 4.78 is 0.957. The van der Waals surface area contributed by atoms with Gasteiger partial charge in [-0.15, -0.1) is 0 Å². The van der Waals surface area contributed by atoms with Gasteiger partial charge in [0.05, 0.1) is 0 Å². The standard InChI is InChI=1S/C30H17BrO2/c31-20-16-14-19(15-17-20)26-22-11-5-4-10-21(22)25(18-8-2-1-3-9-18)27-28(26)30(33)24-13-7-6-12-23(24)29(27)32/h1-17H. The van der Waals surface area contributed by atoms with Crippen LogP contribution in [0.1, 0.15) is 31.8 Å². The molecule has 3 heteroatoms. The molecule has 0 atom stereocenters. The predicted molar refractivity (Wildman–Crippen MR) is 136 cm³/mol. The third kappa shape index (κ3) is 3.00. The van der Waals surface area contributed by atoms with Gasteiger partial charge in [-0.3, -0.25) is 9.59 Å². The third-order valence-corrected chi connectivity index (χ3v) is 6.81. The Hall–Kier alpha value is -3.82. The summed E-state index contributed by atoms with van der Waals surface area (Å²) >= 11 is 3.51. The molecule has 1 aliphatic rings. The van der Waals surface area contributed by atoms with E-state index < -0.39 is 0 Å². The molecule has 156 valence electrons. The Bertz CT molecular complexity index is 1580. The molecule has 0 fully saturated rings. The zero-order valence-electron chi connectivity index (χ0n) is 17.5. The first-order valence-electron chi connectivity index (χ1n) is 10.7. The molecule has 0 radical (unpaired) electrons. The van der Waals surface area contributed by atoms with Crippen molar-refractivity contribution in [2.75, 3.05) is 0 Å². The van der Waals surface area contributed by atoms with Crippen molar-refractivity contribution in [3.63, 3.8) is 0 Å². The number of rotatable bonds is 2. The van der Waals surface area contributed by atoms with Crippen molar-refractivity contribution >= 4 is 38.3 Å². The van der Waals surface area contributed by atoms with Crippen molar-refractivity contribution in [3.8, 4) is 22.3 Å². The van der Waals surface area contributed by atoms with E-state index in [-0.39, 0.29) is 11.6 Å². The Morgan fingerprint density at radius 1 is 0.424 bits per heavy atom. The smallest absolute Gasteiger partial charge is 0.195 e. The normalized spacial score (nSPS) is 12.5. The zero-order valence-corrected chi connectivity index (χ0v) is 19.1. The van der Waals surface area contributed by atoms with E-state index in [0.29, 0.717) is 22.3 Å². The molecule has 6 rings (SSSR count). The van der Waals surface area contributed by atoms with E-state index in [9.17, 15) is 9.59 Å². The van der Waals surface area contributed by atoms with Gasteiger partial charge in [-0.2, -0.15) is 0 Å². The summed E-state index contributed by atoms with van der Waals surface area (Å²) in [5, 5.41) is 1.92. The fourth-order valence-corrected chi connectivity index (χ4v) is 5.13. The Morgan fingerprint density at radius 2 is 0.848 bits per heavy atom. The number of hydrogen-bond acceptors (Lipinski definition) is 2. The summed E-state index contributed by atoms with van der Waals surface area (Å²) in [4.78, 5) is 27.9. The van der Waals surface area contributed by atoms with Gasteiger partial charge in [0.15, 0.2) is 11.6 Å². The van der Waals surface area contributed by atoms with Gasteiger partial charge < -0.3 is 0 Å². The molecule has 0 saturated carbocycles. The molecule has 2 nitrogen and oxygen atoms in total. The van der Waals surface area contributed by atoms with Gasteiger partial charge in [-0.25, -0.2) is 0 Å². The molecule has 0 spiro atoms. The summed E-state index contributed by atoms with van der Waals surface area (Å²) in [6.45, 7) is 0. The molecule has 0 unspecified atom stereocenters. The van der Waals surface area contributed by atoms with Crippen LogP contribution in [0.4, 0.5) is 0 Å². The highest BCUT2D eigenvalue weighted by molar-refractivity contribution is 9.10. The van der Waals surface area contributed by atoms with Crippen LogP contribution in [0, 0.1) is 0 Å². The molecular formula is C30H17BrO2. The fourth-order valence-electron chi connectivity index (χ4n) is 4.86. The van der Waals surface area contributed by atoms with Crippen LogP contribution in [0.3, 0.4) is 0 Å². The minimum atomic E-state index is -0.110. The van der Waals surface area contributed by atoms with Crippen LogP contribution in [0.25, 0.3) is 33.0 Å². The summed E-state index contributed by atoms with van der Waals surface area (Å²) in [5.74, 6) is -0.218. The minimum Gasteiger partial charge on any atom is -0.289 e. The Labute approximate surface area is 199 Å². The van der Waals surface area contributed by atoms with E-state index in [2.05, 4.69) is 15.9 Å². The Balaban J connectivity index is 1.84. The molecule has 0 saturated heterocycles.